The van der Waals surface area contributed by atoms with Crippen LogP contribution in [-0.2, 0) is 0 Å². The minimum Gasteiger partial charge on any atom is -0.507 e. The van der Waals surface area contributed by atoms with Crippen molar-refractivity contribution in [3.8, 4) is 5.75 Å². The maximum atomic E-state index is 12.5. The van der Waals surface area contributed by atoms with E-state index in [0.29, 0.717) is 5.69 Å². The van der Waals surface area contributed by atoms with Gasteiger partial charge in [-0.15, -0.1) is 0 Å². The first-order chi connectivity index (χ1) is 14.3. The van der Waals surface area contributed by atoms with E-state index in [4.69, 9.17) is 17.3 Å². The smallest absolute Gasteiger partial charge is 0.339 e. The number of nitro groups is 1. The highest BCUT2D eigenvalue weighted by atomic mass is 32.1. The predicted molar refractivity (Wildman–Crippen MR) is 113 cm³/mol. The Kier molecular flexibility index (Phi) is 6.11. The molecule has 11 heteroatoms. The molecular formula is C19H18N4O6S. The van der Waals surface area contributed by atoms with Crippen molar-refractivity contribution in [3.63, 3.8) is 0 Å². The molecule has 0 radical (unpaired) electrons. The molecule has 1 fully saturated rings. The fourth-order valence-corrected chi connectivity index (χ4v) is 3.37. The molecule has 1 saturated heterocycles. The number of nitrogens with zero attached hydrogens (tertiary/aromatic N) is 2. The van der Waals surface area contributed by atoms with E-state index in [1.54, 1.807) is 6.07 Å². The molecule has 1 aliphatic rings. The number of anilines is 2. The van der Waals surface area contributed by atoms with Crippen molar-refractivity contribution >= 4 is 46.3 Å². The fraction of sp³-hybridized carbons (Fsp3) is 0.211. The summed E-state index contributed by atoms with van der Waals surface area (Å²) in [5, 5.41) is 35.0. The first-order valence-corrected chi connectivity index (χ1v) is 9.39. The van der Waals surface area contributed by atoms with Gasteiger partial charge in [0, 0.05) is 30.4 Å². The third-order valence-corrected chi connectivity index (χ3v) is 4.80. The molecule has 0 saturated carbocycles. The number of phenols is 1. The van der Waals surface area contributed by atoms with Crippen LogP contribution in [-0.4, -0.2) is 45.2 Å². The minimum atomic E-state index is -1.32. The Bertz CT molecular complexity index is 1040. The molecule has 2 aromatic rings. The van der Waals surface area contributed by atoms with Crippen molar-refractivity contribution in [2.45, 2.75) is 12.8 Å². The van der Waals surface area contributed by atoms with Gasteiger partial charge in [0.2, 0.25) is 0 Å². The van der Waals surface area contributed by atoms with Gasteiger partial charge < -0.3 is 20.4 Å². The number of carboxylic acid groups (broad SMARTS) is 1. The van der Waals surface area contributed by atoms with Gasteiger partial charge in [-0.1, -0.05) is 0 Å². The maximum Gasteiger partial charge on any atom is 0.339 e. The summed E-state index contributed by atoms with van der Waals surface area (Å²) in [4.78, 5) is 36.4. The Hall–Kier alpha value is -3.73. The van der Waals surface area contributed by atoms with Crippen molar-refractivity contribution in [2.75, 3.05) is 23.3 Å². The van der Waals surface area contributed by atoms with Crippen LogP contribution in [0.1, 0.15) is 33.6 Å². The third kappa shape index (κ3) is 4.63. The van der Waals surface area contributed by atoms with Crippen LogP contribution in [0.5, 0.6) is 5.75 Å². The van der Waals surface area contributed by atoms with Crippen LogP contribution in [0.3, 0.4) is 0 Å². The van der Waals surface area contributed by atoms with Gasteiger partial charge in [-0.3, -0.25) is 20.2 Å². The zero-order chi connectivity index (χ0) is 21.8. The number of amides is 1. The van der Waals surface area contributed by atoms with Crippen LogP contribution in [0.15, 0.2) is 36.4 Å². The Labute approximate surface area is 176 Å². The lowest BCUT2D eigenvalue weighted by atomic mass is 10.1. The number of rotatable bonds is 5. The quantitative estimate of drug-likeness (QED) is 0.243. The van der Waals surface area contributed by atoms with Crippen molar-refractivity contribution < 1.29 is 24.7 Å². The molecule has 2 aromatic carbocycles. The lowest BCUT2D eigenvalue weighted by Gasteiger charge is -2.18. The van der Waals surface area contributed by atoms with Crippen molar-refractivity contribution in [1.82, 2.24) is 5.32 Å². The van der Waals surface area contributed by atoms with E-state index >= 15 is 0 Å². The van der Waals surface area contributed by atoms with Crippen LogP contribution in [0, 0.1) is 10.1 Å². The molecule has 0 spiro atoms. The predicted octanol–water partition coefficient (Wildman–Crippen LogP) is 2.73. The van der Waals surface area contributed by atoms with E-state index < -0.39 is 22.5 Å². The second-order valence-corrected chi connectivity index (χ2v) is 7.01. The third-order valence-electron chi connectivity index (χ3n) is 4.59. The van der Waals surface area contributed by atoms with Crippen LogP contribution >= 0.6 is 12.2 Å². The van der Waals surface area contributed by atoms with Crippen LogP contribution in [0.4, 0.5) is 17.1 Å². The molecule has 0 aromatic heterocycles. The van der Waals surface area contributed by atoms with E-state index in [-0.39, 0.29) is 27.6 Å². The Morgan fingerprint density at radius 1 is 1.13 bits per heavy atom. The van der Waals surface area contributed by atoms with E-state index in [1.165, 1.54) is 24.3 Å². The summed E-state index contributed by atoms with van der Waals surface area (Å²) < 4.78 is 0. The van der Waals surface area contributed by atoms with Gasteiger partial charge in [0.25, 0.3) is 11.6 Å². The maximum absolute atomic E-state index is 12.5. The van der Waals surface area contributed by atoms with Crippen LogP contribution < -0.4 is 15.5 Å². The molecule has 0 bridgehead atoms. The van der Waals surface area contributed by atoms with Gasteiger partial charge >= 0.3 is 5.97 Å². The standard InChI is InChI=1S/C19H18N4O6S/c24-16-6-4-12(10-13(16)18(26)27)20-19(30)21-17(25)11-3-5-14(15(9-11)23(28)29)22-7-1-2-8-22/h3-6,9-10,24H,1-2,7-8H2,(H,26,27)(H2,20,21,25,30). The minimum absolute atomic E-state index is 0.0609. The van der Waals surface area contributed by atoms with Crippen LogP contribution in [0.2, 0.25) is 0 Å². The number of nitro benzene ring substituents is 1. The number of carbonyl (C=O) groups is 2. The molecule has 0 atom stereocenters. The summed E-state index contributed by atoms with van der Waals surface area (Å²) in [5.41, 5.74) is 0.284. The van der Waals surface area contributed by atoms with E-state index in [2.05, 4.69) is 10.6 Å². The first-order valence-electron chi connectivity index (χ1n) is 8.98. The van der Waals surface area contributed by atoms with Gasteiger partial charge in [-0.25, -0.2) is 4.79 Å². The summed E-state index contributed by atoms with van der Waals surface area (Å²) in [5.74, 6) is -2.38. The number of aromatic hydroxyl groups is 1. The average molecular weight is 430 g/mol. The summed E-state index contributed by atoms with van der Waals surface area (Å²) in [6.07, 6.45) is 1.92. The topological polar surface area (TPSA) is 145 Å². The number of carbonyl (C=O) groups excluding carboxylic acids is 1. The molecule has 1 heterocycles. The van der Waals surface area contributed by atoms with Crippen molar-refractivity contribution in [1.29, 1.82) is 0 Å². The lowest BCUT2D eigenvalue weighted by molar-refractivity contribution is -0.384. The number of aromatic carboxylic acids is 1. The number of nitrogens with one attached hydrogen (secondary N) is 2. The molecule has 0 aliphatic carbocycles. The van der Waals surface area contributed by atoms with E-state index in [1.807, 2.05) is 4.90 Å². The van der Waals surface area contributed by atoms with Crippen LogP contribution in [0.25, 0.3) is 0 Å². The van der Waals surface area contributed by atoms with Crippen molar-refractivity contribution in [2.24, 2.45) is 0 Å². The monoisotopic (exact) mass is 430 g/mol. The second-order valence-electron chi connectivity index (χ2n) is 6.60. The lowest BCUT2D eigenvalue weighted by Crippen LogP contribution is -2.34. The molecule has 1 amide bonds. The second kappa shape index (κ2) is 8.74. The SMILES string of the molecule is O=C(NC(=S)Nc1ccc(O)c(C(=O)O)c1)c1ccc(N2CCCC2)c([N+](=O)[O-])c1. The highest BCUT2D eigenvalue weighted by Gasteiger charge is 2.24. The summed E-state index contributed by atoms with van der Waals surface area (Å²) in [6, 6.07) is 7.96. The first kappa shape index (κ1) is 21.0. The molecule has 4 N–H and O–H groups in total. The number of carboxylic acids is 1. The van der Waals surface area contributed by atoms with Crippen molar-refractivity contribution in [3.05, 3.63) is 57.6 Å². The fourth-order valence-electron chi connectivity index (χ4n) is 3.16. The molecule has 156 valence electrons. The van der Waals surface area contributed by atoms with Gasteiger partial charge in [-0.2, -0.15) is 0 Å². The van der Waals surface area contributed by atoms with Gasteiger partial charge in [0.05, 0.1) is 4.92 Å². The number of thiocarbonyl (C=S) groups is 1. The Morgan fingerprint density at radius 2 is 1.83 bits per heavy atom. The molecule has 1 aliphatic heterocycles. The van der Waals surface area contributed by atoms with Gasteiger partial charge in [-0.05, 0) is 55.4 Å². The van der Waals surface area contributed by atoms with Gasteiger partial charge in [0.1, 0.15) is 17.0 Å². The molecule has 30 heavy (non-hydrogen) atoms. The number of hydrogen-bond acceptors (Lipinski definition) is 7. The normalized spacial score (nSPS) is 13.0. The summed E-state index contributed by atoms with van der Waals surface area (Å²) >= 11 is 5.06. The zero-order valence-electron chi connectivity index (χ0n) is 15.6. The highest BCUT2D eigenvalue weighted by molar-refractivity contribution is 7.80. The molecule has 3 rings (SSSR count). The Balaban J connectivity index is 1.73. The Morgan fingerprint density at radius 3 is 2.47 bits per heavy atom. The van der Waals surface area contributed by atoms with E-state index in [9.17, 15) is 24.8 Å². The number of hydrogen-bond donors (Lipinski definition) is 4. The zero-order valence-corrected chi connectivity index (χ0v) is 16.4. The molecular weight excluding hydrogens is 412 g/mol. The molecule has 0 unspecified atom stereocenters. The summed E-state index contributed by atoms with van der Waals surface area (Å²) in [7, 11) is 0. The van der Waals surface area contributed by atoms with Gasteiger partial charge in [0.15, 0.2) is 5.11 Å². The summed E-state index contributed by atoms with van der Waals surface area (Å²) in [6.45, 7) is 1.46. The molecule has 10 nitrogen and oxygen atoms in total. The van der Waals surface area contributed by atoms with E-state index in [0.717, 1.165) is 32.0 Å². The number of benzene rings is 2. The highest BCUT2D eigenvalue weighted by Crippen LogP contribution is 2.31. The largest absolute Gasteiger partial charge is 0.507 e. The average Bonchev–Trinajstić information content (AvgIpc) is 3.23.